The highest BCUT2D eigenvalue weighted by molar-refractivity contribution is 6.00. The van der Waals surface area contributed by atoms with Crippen LogP contribution in [0.2, 0.25) is 0 Å². The lowest BCUT2D eigenvalue weighted by Crippen LogP contribution is -2.42. The summed E-state index contributed by atoms with van der Waals surface area (Å²) in [6, 6.07) is 4.42. The van der Waals surface area contributed by atoms with Crippen LogP contribution < -0.4 is 10.6 Å². The van der Waals surface area contributed by atoms with Crippen LogP contribution >= 0.6 is 0 Å². The molecule has 238 valence electrons. The molecule has 2 fully saturated rings. The highest BCUT2D eigenvalue weighted by Crippen LogP contribution is 2.24. The third-order valence-electron chi connectivity index (χ3n) is 6.85. The summed E-state index contributed by atoms with van der Waals surface area (Å²) in [5.74, 6) is -0.880. The molecule has 2 aliphatic rings. The molecule has 2 N–H and O–H groups in total. The third-order valence-corrected chi connectivity index (χ3v) is 6.85. The number of benzene rings is 1. The van der Waals surface area contributed by atoms with Crippen molar-refractivity contribution in [3.8, 4) is 0 Å². The van der Waals surface area contributed by atoms with E-state index >= 15 is 0 Å². The van der Waals surface area contributed by atoms with Crippen molar-refractivity contribution in [2.45, 2.75) is 89.8 Å². The number of ether oxygens (including phenoxy) is 2. The summed E-state index contributed by atoms with van der Waals surface area (Å²) in [6.07, 6.45) is -0.414. The molecular weight excluding hydrogens is 572 g/mol. The van der Waals surface area contributed by atoms with Gasteiger partial charge < -0.3 is 29.9 Å². The van der Waals surface area contributed by atoms with Gasteiger partial charge in [0.1, 0.15) is 11.2 Å². The van der Waals surface area contributed by atoms with Crippen LogP contribution in [0.5, 0.6) is 0 Å². The normalized spacial score (nSPS) is 21.5. The molecular formula is C28H40N10O6. The van der Waals surface area contributed by atoms with Gasteiger partial charge in [-0.1, -0.05) is 16.3 Å². The monoisotopic (exact) mass is 612 g/mol. The number of hydrogen-bond acceptors (Lipinski definition) is 8. The fourth-order valence-corrected chi connectivity index (χ4v) is 5.08. The van der Waals surface area contributed by atoms with E-state index in [4.69, 9.17) is 20.5 Å². The third kappa shape index (κ3) is 9.68. The Balaban J connectivity index is 1.66. The predicted octanol–water partition coefficient (Wildman–Crippen LogP) is 4.52. The Morgan fingerprint density at radius 3 is 1.52 bits per heavy atom. The van der Waals surface area contributed by atoms with Crippen molar-refractivity contribution in [3.63, 3.8) is 0 Å². The zero-order chi connectivity index (χ0) is 32.7. The maximum absolute atomic E-state index is 13.2. The number of azide groups is 2. The van der Waals surface area contributed by atoms with E-state index in [2.05, 4.69) is 30.7 Å². The zero-order valence-electron chi connectivity index (χ0n) is 25.9. The van der Waals surface area contributed by atoms with E-state index in [0.29, 0.717) is 12.8 Å². The minimum absolute atomic E-state index is 0.0357. The molecule has 0 radical (unpaired) electrons. The van der Waals surface area contributed by atoms with E-state index < -0.39 is 59.4 Å². The zero-order valence-corrected chi connectivity index (χ0v) is 25.9. The molecule has 3 rings (SSSR count). The van der Waals surface area contributed by atoms with Crippen molar-refractivity contribution in [1.82, 2.24) is 20.4 Å². The van der Waals surface area contributed by atoms with Crippen molar-refractivity contribution in [2.75, 3.05) is 26.2 Å². The van der Waals surface area contributed by atoms with Gasteiger partial charge in [-0.15, -0.1) is 0 Å². The number of rotatable bonds is 8. The second-order valence-corrected chi connectivity index (χ2v) is 12.8. The van der Waals surface area contributed by atoms with Gasteiger partial charge in [-0.25, -0.2) is 9.59 Å². The Morgan fingerprint density at radius 2 is 1.18 bits per heavy atom. The summed E-state index contributed by atoms with van der Waals surface area (Å²) in [7, 11) is 0. The average molecular weight is 613 g/mol. The van der Waals surface area contributed by atoms with Gasteiger partial charge in [0.15, 0.2) is 0 Å². The topological polar surface area (TPSA) is 215 Å². The largest absolute Gasteiger partial charge is 0.444 e. The fraction of sp³-hybridized carbons (Fsp3) is 0.643. The summed E-state index contributed by atoms with van der Waals surface area (Å²) in [6.45, 7) is 10.9. The molecule has 2 heterocycles. The number of carbonyl (C=O) groups excluding carboxylic acids is 4. The Morgan fingerprint density at radius 1 is 0.795 bits per heavy atom. The predicted molar refractivity (Wildman–Crippen MR) is 160 cm³/mol. The lowest BCUT2D eigenvalue weighted by molar-refractivity contribution is 0.0218. The maximum atomic E-state index is 13.2. The van der Waals surface area contributed by atoms with Crippen molar-refractivity contribution < 1.29 is 28.7 Å². The SMILES string of the molecule is CC(C)(C)OC(=O)N1C[C@@H](NC(=O)c2cccc(C(=O)N[C@H]3C[C@@H](CN=[N+]=[N-])N(C(=O)OC(C)(C)C)C3)c2)C[C@H]1CN=[N+]=[N-]. The van der Waals surface area contributed by atoms with E-state index in [1.807, 2.05) is 0 Å². The van der Waals surface area contributed by atoms with Gasteiger partial charge >= 0.3 is 12.2 Å². The second-order valence-electron chi connectivity index (χ2n) is 12.8. The fourth-order valence-electron chi connectivity index (χ4n) is 5.08. The molecule has 1 aromatic carbocycles. The first-order valence-corrected chi connectivity index (χ1v) is 14.3. The van der Waals surface area contributed by atoms with Crippen LogP contribution in [0.4, 0.5) is 9.59 Å². The van der Waals surface area contributed by atoms with Gasteiger partial charge in [-0.05, 0) is 83.6 Å². The van der Waals surface area contributed by atoms with Crippen LogP contribution in [-0.2, 0) is 9.47 Å². The van der Waals surface area contributed by atoms with Crippen molar-refractivity contribution in [1.29, 1.82) is 0 Å². The molecule has 0 unspecified atom stereocenters. The summed E-state index contributed by atoms with van der Waals surface area (Å²) >= 11 is 0. The lowest BCUT2D eigenvalue weighted by Gasteiger charge is -2.27. The maximum Gasteiger partial charge on any atom is 0.410 e. The van der Waals surface area contributed by atoms with E-state index in [-0.39, 0.29) is 37.3 Å². The van der Waals surface area contributed by atoms with Crippen molar-refractivity contribution >= 4 is 24.0 Å². The van der Waals surface area contributed by atoms with Crippen molar-refractivity contribution in [2.24, 2.45) is 10.2 Å². The molecule has 0 spiro atoms. The standard InChI is InChI=1S/C28H40N10O6/c1-27(2,3)43-25(41)37-15-19(11-21(37)13-31-35-29)33-23(39)17-8-7-9-18(10-17)24(40)34-20-12-22(14-32-36-30)38(16-20)26(42)44-28(4,5)6/h7-10,19-22H,11-16H2,1-6H3,(H,33,39)(H,34,40)/t19-,20-,21-,22-/m0/s1. The molecule has 0 bridgehead atoms. The number of nitrogens with zero attached hydrogens (tertiary/aromatic N) is 8. The summed E-state index contributed by atoms with van der Waals surface area (Å²) in [5.41, 5.74) is 16.6. The molecule has 16 nitrogen and oxygen atoms in total. The summed E-state index contributed by atoms with van der Waals surface area (Å²) in [5, 5.41) is 13.0. The van der Waals surface area contributed by atoms with Gasteiger partial charge in [-0.2, -0.15) is 0 Å². The Kier molecular flexibility index (Phi) is 10.9. The molecule has 1 aromatic rings. The van der Waals surface area contributed by atoms with E-state index in [1.54, 1.807) is 59.7 Å². The van der Waals surface area contributed by atoms with Gasteiger partial charge in [0.05, 0.1) is 0 Å². The lowest BCUT2D eigenvalue weighted by atomic mass is 10.1. The van der Waals surface area contributed by atoms with Crippen LogP contribution in [-0.4, -0.2) is 95.3 Å². The smallest absolute Gasteiger partial charge is 0.410 e. The average Bonchev–Trinajstić information content (AvgIpc) is 3.52. The first kappa shape index (κ1) is 33.8. The number of hydrogen-bond donors (Lipinski definition) is 2. The van der Waals surface area contributed by atoms with Gasteiger partial charge in [0, 0.05) is 71.3 Å². The summed E-state index contributed by atoms with van der Waals surface area (Å²) in [4.78, 5) is 60.3. The van der Waals surface area contributed by atoms with Crippen LogP contribution in [0.25, 0.3) is 20.9 Å². The van der Waals surface area contributed by atoms with Gasteiger partial charge in [-0.3, -0.25) is 9.59 Å². The van der Waals surface area contributed by atoms with Gasteiger partial charge in [0.2, 0.25) is 0 Å². The quantitative estimate of drug-likeness (QED) is 0.244. The van der Waals surface area contributed by atoms with Crippen LogP contribution in [0.1, 0.15) is 75.1 Å². The van der Waals surface area contributed by atoms with E-state index in [0.717, 1.165) is 0 Å². The first-order valence-electron chi connectivity index (χ1n) is 14.3. The van der Waals surface area contributed by atoms with E-state index in [1.165, 1.54) is 15.9 Å². The second kappa shape index (κ2) is 14.2. The molecule has 4 amide bonds. The highest BCUT2D eigenvalue weighted by Gasteiger charge is 2.39. The van der Waals surface area contributed by atoms with Crippen LogP contribution in [0, 0.1) is 0 Å². The molecule has 44 heavy (non-hydrogen) atoms. The molecule has 4 atom stereocenters. The minimum Gasteiger partial charge on any atom is -0.444 e. The van der Waals surface area contributed by atoms with Crippen LogP contribution in [0.15, 0.2) is 34.5 Å². The molecule has 0 saturated carbocycles. The Hall–Kier alpha value is -4.68. The Labute approximate surface area is 255 Å². The number of amides is 4. The van der Waals surface area contributed by atoms with E-state index in [9.17, 15) is 19.2 Å². The molecule has 16 heteroatoms. The highest BCUT2D eigenvalue weighted by atomic mass is 16.6. The van der Waals surface area contributed by atoms with Crippen LogP contribution in [0.3, 0.4) is 0 Å². The molecule has 0 aliphatic carbocycles. The van der Waals surface area contributed by atoms with Gasteiger partial charge in [0.25, 0.3) is 11.8 Å². The minimum atomic E-state index is -0.722. The molecule has 2 aliphatic heterocycles. The molecule has 0 aromatic heterocycles. The summed E-state index contributed by atoms with van der Waals surface area (Å²) < 4.78 is 11.0. The van der Waals surface area contributed by atoms with Crippen molar-refractivity contribution in [3.05, 3.63) is 56.3 Å². The number of nitrogens with one attached hydrogen (secondary N) is 2. The first-order chi connectivity index (χ1) is 20.6. The Bertz CT molecular complexity index is 1250. The molecule has 2 saturated heterocycles. The number of carbonyl (C=O) groups is 4. The number of likely N-dealkylation sites (tertiary alicyclic amines) is 2.